The summed E-state index contributed by atoms with van der Waals surface area (Å²) in [5.41, 5.74) is 3.70. The predicted molar refractivity (Wildman–Crippen MR) is 83.6 cm³/mol. The Morgan fingerprint density at radius 2 is 1.86 bits per heavy atom. The molecule has 1 heterocycles. The highest BCUT2D eigenvalue weighted by Gasteiger charge is 2.16. The Bertz CT molecular complexity index is 644. The van der Waals surface area contributed by atoms with Gasteiger partial charge < -0.3 is 9.47 Å². The number of aromatic nitrogens is 1. The van der Waals surface area contributed by atoms with Gasteiger partial charge in [0.1, 0.15) is 5.82 Å². The molecule has 0 saturated carbocycles. The van der Waals surface area contributed by atoms with Crippen molar-refractivity contribution in [2.75, 3.05) is 18.5 Å². The molecule has 4 heteroatoms. The van der Waals surface area contributed by atoms with E-state index in [0.29, 0.717) is 0 Å². The molecule has 0 radical (unpaired) electrons. The number of hydrogen-bond acceptors (Lipinski definition) is 2. The number of anilines is 1. The Morgan fingerprint density at radius 1 is 1.24 bits per heavy atom. The van der Waals surface area contributed by atoms with E-state index in [0.717, 1.165) is 29.2 Å². The summed E-state index contributed by atoms with van der Waals surface area (Å²) in [7, 11) is 1.84. The van der Waals surface area contributed by atoms with Crippen LogP contribution in [-0.4, -0.2) is 23.9 Å². The van der Waals surface area contributed by atoms with Gasteiger partial charge in [-0.1, -0.05) is 0 Å². The minimum absolute atomic E-state index is 0.0784. The molecule has 0 spiro atoms. The van der Waals surface area contributed by atoms with Crippen molar-refractivity contribution in [3.63, 3.8) is 0 Å². The molecule has 0 aliphatic carbocycles. The summed E-state index contributed by atoms with van der Waals surface area (Å²) >= 11 is 0. The second-order valence-electron chi connectivity index (χ2n) is 5.28. The number of hydrogen-bond donors (Lipinski definition) is 0. The highest BCUT2D eigenvalue weighted by molar-refractivity contribution is 6.00. The molecule has 0 amide bonds. The number of aryl methyl sites for hydroxylation is 1. The van der Waals surface area contributed by atoms with E-state index in [4.69, 9.17) is 0 Å². The van der Waals surface area contributed by atoms with E-state index in [9.17, 15) is 9.18 Å². The number of carbonyl (C=O) groups is 1. The highest BCUT2D eigenvalue weighted by atomic mass is 19.1. The lowest BCUT2D eigenvalue weighted by atomic mass is 10.1. The molecule has 2 aromatic rings. The minimum Gasteiger partial charge on any atom is -0.367 e. The van der Waals surface area contributed by atoms with Crippen molar-refractivity contribution < 1.29 is 9.18 Å². The average molecular weight is 288 g/mol. The van der Waals surface area contributed by atoms with Crippen molar-refractivity contribution in [3.05, 3.63) is 53.1 Å². The number of halogens is 1. The van der Waals surface area contributed by atoms with Gasteiger partial charge in [0.2, 0.25) is 0 Å². The number of nitrogens with zero attached hydrogens (tertiary/aromatic N) is 2. The van der Waals surface area contributed by atoms with Crippen molar-refractivity contribution in [2.24, 2.45) is 0 Å². The fourth-order valence-corrected chi connectivity index (χ4v) is 2.66. The van der Waals surface area contributed by atoms with Crippen LogP contribution in [0.15, 0.2) is 30.3 Å². The number of Topliss-reactive ketones (excluding diaryl/α,β-unsaturated/α-hetero) is 1. The quantitative estimate of drug-likeness (QED) is 0.786. The summed E-state index contributed by atoms with van der Waals surface area (Å²) in [6.07, 6.45) is 0. The van der Waals surface area contributed by atoms with E-state index in [2.05, 4.69) is 11.5 Å². The van der Waals surface area contributed by atoms with Crippen molar-refractivity contribution in [2.45, 2.75) is 27.3 Å². The van der Waals surface area contributed by atoms with Gasteiger partial charge in [-0.05, 0) is 51.1 Å². The molecule has 1 aromatic heterocycles. The van der Waals surface area contributed by atoms with Crippen LogP contribution in [0.2, 0.25) is 0 Å². The first-order chi connectivity index (χ1) is 9.93. The molecule has 0 unspecified atom stereocenters. The summed E-state index contributed by atoms with van der Waals surface area (Å²) < 4.78 is 15.1. The van der Waals surface area contributed by atoms with E-state index in [1.807, 2.05) is 31.9 Å². The number of ketones is 1. The third-order valence-electron chi connectivity index (χ3n) is 3.84. The first-order valence-electron chi connectivity index (χ1n) is 7.10. The van der Waals surface area contributed by atoms with Gasteiger partial charge in [-0.15, -0.1) is 0 Å². The molecular formula is C17H21FN2O. The summed E-state index contributed by atoms with van der Waals surface area (Å²) in [5.74, 6) is -0.195. The average Bonchev–Trinajstić information content (AvgIpc) is 2.74. The first-order valence-corrected chi connectivity index (χ1v) is 7.10. The number of benzene rings is 1. The number of rotatable bonds is 5. The van der Waals surface area contributed by atoms with Gasteiger partial charge in [-0.2, -0.15) is 0 Å². The fourth-order valence-electron chi connectivity index (χ4n) is 2.66. The maximum atomic E-state index is 12.9. The van der Waals surface area contributed by atoms with Crippen molar-refractivity contribution in [1.82, 2.24) is 4.57 Å². The van der Waals surface area contributed by atoms with Crippen LogP contribution in [0.4, 0.5) is 10.1 Å². The fraction of sp³-hybridized carbons (Fsp3) is 0.353. The molecular weight excluding hydrogens is 267 g/mol. The van der Waals surface area contributed by atoms with Crippen LogP contribution < -0.4 is 4.90 Å². The Morgan fingerprint density at radius 3 is 2.38 bits per heavy atom. The smallest absolute Gasteiger partial charge is 0.183 e. The zero-order valence-corrected chi connectivity index (χ0v) is 13.0. The molecule has 0 fully saturated rings. The van der Waals surface area contributed by atoms with E-state index in [1.165, 1.54) is 12.1 Å². The SMILES string of the molecule is CCn1c(C)cc(C(=O)CN(C)c2ccc(F)cc2)c1C. The molecule has 3 nitrogen and oxygen atoms in total. The standard InChI is InChI=1S/C17H21FN2O/c1-5-20-12(2)10-16(13(20)3)17(21)11-19(4)15-8-6-14(18)7-9-15/h6-10H,5,11H2,1-4H3. The molecule has 0 N–H and O–H groups in total. The zero-order chi connectivity index (χ0) is 15.6. The van der Waals surface area contributed by atoms with Gasteiger partial charge in [0, 0.05) is 36.2 Å². The molecule has 0 saturated heterocycles. The normalized spacial score (nSPS) is 10.7. The Labute approximate surface area is 125 Å². The molecule has 0 atom stereocenters. The monoisotopic (exact) mass is 288 g/mol. The van der Waals surface area contributed by atoms with Crippen LogP contribution in [0.1, 0.15) is 28.7 Å². The van der Waals surface area contributed by atoms with E-state index in [1.54, 1.807) is 12.1 Å². The Hall–Kier alpha value is -2.10. The number of likely N-dealkylation sites (N-methyl/N-ethyl adjacent to an activating group) is 1. The topological polar surface area (TPSA) is 25.2 Å². The van der Waals surface area contributed by atoms with Gasteiger partial charge in [-0.25, -0.2) is 4.39 Å². The maximum absolute atomic E-state index is 12.9. The highest BCUT2D eigenvalue weighted by Crippen LogP contribution is 2.18. The van der Waals surface area contributed by atoms with Gasteiger partial charge in [0.15, 0.2) is 5.78 Å². The second-order valence-corrected chi connectivity index (χ2v) is 5.28. The summed E-state index contributed by atoms with van der Waals surface area (Å²) in [5, 5.41) is 0. The molecule has 0 aliphatic rings. The van der Waals surface area contributed by atoms with Crippen LogP contribution in [-0.2, 0) is 6.54 Å². The lowest BCUT2D eigenvalue weighted by Crippen LogP contribution is -2.25. The van der Waals surface area contributed by atoms with Crippen LogP contribution in [0.25, 0.3) is 0 Å². The maximum Gasteiger partial charge on any atom is 0.183 e. The Kier molecular flexibility index (Phi) is 4.46. The third kappa shape index (κ3) is 3.15. The third-order valence-corrected chi connectivity index (χ3v) is 3.84. The van der Waals surface area contributed by atoms with Crippen molar-refractivity contribution >= 4 is 11.5 Å². The Balaban J connectivity index is 2.16. The summed E-state index contributed by atoms with van der Waals surface area (Å²) in [6, 6.07) is 8.11. The van der Waals surface area contributed by atoms with Crippen molar-refractivity contribution in [1.29, 1.82) is 0 Å². The van der Waals surface area contributed by atoms with Crippen LogP contribution in [0, 0.1) is 19.7 Å². The van der Waals surface area contributed by atoms with Gasteiger partial charge in [0.25, 0.3) is 0 Å². The van der Waals surface area contributed by atoms with E-state index in [-0.39, 0.29) is 18.1 Å². The lowest BCUT2D eigenvalue weighted by Gasteiger charge is -2.18. The minimum atomic E-state index is -0.273. The van der Waals surface area contributed by atoms with E-state index >= 15 is 0 Å². The number of carbonyl (C=O) groups excluding carboxylic acids is 1. The molecule has 0 bridgehead atoms. The van der Waals surface area contributed by atoms with Gasteiger partial charge in [0.05, 0.1) is 6.54 Å². The zero-order valence-electron chi connectivity index (χ0n) is 13.0. The van der Waals surface area contributed by atoms with Crippen molar-refractivity contribution in [3.8, 4) is 0 Å². The van der Waals surface area contributed by atoms with Crippen LogP contribution in [0.5, 0.6) is 0 Å². The summed E-state index contributed by atoms with van der Waals surface area (Å²) in [6.45, 7) is 7.19. The summed E-state index contributed by atoms with van der Waals surface area (Å²) in [4.78, 5) is 14.3. The van der Waals surface area contributed by atoms with Crippen LogP contribution in [0.3, 0.4) is 0 Å². The van der Waals surface area contributed by atoms with Gasteiger partial charge in [-0.3, -0.25) is 4.79 Å². The molecule has 112 valence electrons. The molecule has 2 rings (SSSR count). The molecule has 0 aliphatic heterocycles. The molecule has 21 heavy (non-hydrogen) atoms. The second kappa shape index (κ2) is 6.12. The van der Waals surface area contributed by atoms with Crippen LogP contribution >= 0.6 is 0 Å². The first kappa shape index (κ1) is 15.3. The lowest BCUT2D eigenvalue weighted by molar-refractivity contribution is 0.0999. The largest absolute Gasteiger partial charge is 0.367 e. The van der Waals surface area contributed by atoms with Gasteiger partial charge >= 0.3 is 0 Å². The van der Waals surface area contributed by atoms with E-state index < -0.39 is 0 Å². The predicted octanol–water partition coefficient (Wildman–Crippen LogP) is 3.58. The molecule has 1 aromatic carbocycles.